The van der Waals surface area contributed by atoms with Gasteiger partial charge in [-0.2, -0.15) is 4.39 Å². The van der Waals surface area contributed by atoms with Crippen molar-refractivity contribution in [3.63, 3.8) is 0 Å². The van der Waals surface area contributed by atoms with Crippen LogP contribution in [0.2, 0.25) is 0 Å². The zero-order chi connectivity index (χ0) is 19.6. The van der Waals surface area contributed by atoms with Gasteiger partial charge in [0.15, 0.2) is 0 Å². The average Bonchev–Trinajstić information content (AvgIpc) is 2.89. The first-order valence-electron chi connectivity index (χ1n) is 8.22. The van der Waals surface area contributed by atoms with Crippen molar-refractivity contribution in [2.75, 3.05) is 19.7 Å². The van der Waals surface area contributed by atoms with Crippen molar-refractivity contribution in [1.29, 1.82) is 0 Å². The SMILES string of the molecule is NCCC(OCCN1C(=O)c2ccccc2C1=O)n1cc(F)c(=O)[nH]c1=O. The van der Waals surface area contributed by atoms with E-state index in [0.717, 1.165) is 15.7 Å². The zero-order valence-corrected chi connectivity index (χ0v) is 14.2. The fraction of sp³-hybridized carbons (Fsp3) is 0.294. The predicted molar refractivity (Wildman–Crippen MR) is 91.8 cm³/mol. The first-order chi connectivity index (χ1) is 12.9. The Bertz CT molecular complexity index is 964. The number of carbonyl (C=O) groups is 2. The van der Waals surface area contributed by atoms with Crippen molar-refractivity contribution < 1.29 is 18.7 Å². The summed E-state index contributed by atoms with van der Waals surface area (Å²) >= 11 is 0. The van der Waals surface area contributed by atoms with Crippen LogP contribution in [-0.2, 0) is 4.74 Å². The minimum atomic E-state index is -1.14. The first-order valence-corrected chi connectivity index (χ1v) is 8.22. The van der Waals surface area contributed by atoms with Crippen LogP contribution >= 0.6 is 0 Å². The molecule has 0 spiro atoms. The number of hydrogen-bond acceptors (Lipinski definition) is 6. The number of benzene rings is 1. The fourth-order valence-electron chi connectivity index (χ4n) is 2.84. The molecule has 2 aromatic rings. The molecule has 9 nitrogen and oxygen atoms in total. The van der Waals surface area contributed by atoms with Crippen molar-refractivity contribution in [2.24, 2.45) is 5.73 Å². The number of nitrogens with one attached hydrogen (secondary N) is 1. The lowest BCUT2D eigenvalue weighted by molar-refractivity contribution is -0.0123. The van der Waals surface area contributed by atoms with E-state index in [1.54, 1.807) is 24.3 Å². The molecule has 0 aliphatic carbocycles. The highest BCUT2D eigenvalue weighted by molar-refractivity contribution is 6.21. The highest BCUT2D eigenvalue weighted by Gasteiger charge is 2.34. The van der Waals surface area contributed by atoms with Crippen LogP contribution in [0.4, 0.5) is 4.39 Å². The van der Waals surface area contributed by atoms with E-state index >= 15 is 0 Å². The van der Waals surface area contributed by atoms with Crippen molar-refractivity contribution >= 4 is 11.8 Å². The van der Waals surface area contributed by atoms with E-state index in [-0.39, 0.29) is 26.1 Å². The Morgan fingerprint density at radius 2 is 1.74 bits per heavy atom. The molecule has 0 saturated heterocycles. The molecule has 10 heteroatoms. The number of ether oxygens (including phenoxy) is 1. The van der Waals surface area contributed by atoms with Gasteiger partial charge in [0, 0.05) is 6.42 Å². The standard InChI is InChI=1S/C17H17FN4O5/c18-12-9-22(17(26)20-14(12)23)13(5-6-19)27-8-7-21-15(24)10-3-1-2-4-11(10)16(21)25/h1-4,9,13H,5-8,19H2,(H,20,23,26). The predicted octanol–water partition coefficient (Wildman–Crippen LogP) is -0.164. The van der Waals surface area contributed by atoms with Crippen LogP contribution in [-0.4, -0.2) is 46.0 Å². The Hall–Kier alpha value is -3.11. The number of hydrogen-bond donors (Lipinski definition) is 2. The quantitative estimate of drug-likeness (QED) is 0.646. The summed E-state index contributed by atoms with van der Waals surface area (Å²) in [5.41, 5.74) is 4.16. The van der Waals surface area contributed by atoms with Crippen molar-refractivity contribution in [3.05, 3.63) is 68.2 Å². The summed E-state index contributed by atoms with van der Waals surface area (Å²) in [6.07, 6.45) is -0.0548. The summed E-state index contributed by atoms with van der Waals surface area (Å²) < 4.78 is 19.9. The van der Waals surface area contributed by atoms with E-state index in [0.29, 0.717) is 11.1 Å². The second-order valence-electron chi connectivity index (χ2n) is 5.85. The molecular formula is C17H17FN4O5. The molecule has 27 heavy (non-hydrogen) atoms. The van der Waals surface area contributed by atoms with Gasteiger partial charge in [0.2, 0.25) is 5.82 Å². The van der Waals surface area contributed by atoms with Gasteiger partial charge in [0.05, 0.1) is 30.5 Å². The molecule has 2 heterocycles. The maximum atomic E-state index is 13.5. The van der Waals surface area contributed by atoms with Gasteiger partial charge in [0.1, 0.15) is 6.23 Å². The lowest BCUT2D eigenvalue weighted by atomic mass is 10.1. The lowest BCUT2D eigenvalue weighted by Gasteiger charge is -2.21. The van der Waals surface area contributed by atoms with Crippen LogP contribution in [0.5, 0.6) is 0 Å². The number of carbonyl (C=O) groups excluding carboxylic acids is 2. The third-order valence-electron chi connectivity index (χ3n) is 4.15. The Balaban J connectivity index is 1.71. The third-order valence-corrected chi connectivity index (χ3v) is 4.15. The number of imide groups is 1. The van der Waals surface area contributed by atoms with Crippen LogP contribution in [0.25, 0.3) is 0 Å². The van der Waals surface area contributed by atoms with Gasteiger partial charge in [-0.15, -0.1) is 0 Å². The number of aromatic amines is 1. The highest BCUT2D eigenvalue weighted by Crippen LogP contribution is 2.22. The first kappa shape index (κ1) is 18.7. The molecule has 1 atom stereocenters. The van der Waals surface area contributed by atoms with Gasteiger partial charge in [-0.25, -0.2) is 4.79 Å². The molecule has 1 aromatic carbocycles. The highest BCUT2D eigenvalue weighted by atomic mass is 19.1. The molecule has 0 bridgehead atoms. The summed E-state index contributed by atoms with van der Waals surface area (Å²) in [5, 5.41) is 0. The van der Waals surface area contributed by atoms with Gasteiger partial charge >= 0.3 is 5.69 Å². The Labute approximate surface area is 152 Å². The summed E-state index contributed by atoms with van der Waals surface area (Å²) in [5.74, 6) is -2.00. The monoisotopic (exact) mass is 376 g/mol. The van der Waals surface area contributed by atoms with Gasteiger partial charge < -0.3 is 10.5 Å². The summed E-state index contributed by atoms with van der Waals surface area (Å²) in [7, 11) is 0. The van der Waals surface area contributed by atoms with Crippen LogP contribution in [0, 0.1) is 5.82 Å². The maximum Gasteiger partial charge on any atom is 0.330 e. The maximum absolute atomic E-state index is 13.5. The Morgan fingerprint density at radius 1 is 1.11 bits per heavy atom. The molecule has 1 aliphatic heterocycles. The number of aromatic nitrogens is 2. The van der Waals surface area contributed by atoms with E-state index < -0.39 is 35.1 Å². The average molecular weight is 376 g/mol. The number of nitrogens with zero attached hydrogens (tertiary/aromatic N) is 2. The normalized spacial score (nSPS) is 14.5. The minimum Gasteiger partial charge on any atom is -0.356 e. The van der Waals surface area contributed by atoms with E-state index in [2.05, 4.69) is 0 Å². The number of amides is 2. The minimum absolute atomic E-state index is 0.0476. The van der Waals surface area contributed by atoms with Crippen molar-refractivity contribution in [3.8, 4) is 0 Å². The van der Waals surface area contributed by atoms with Crippen molar-refractivity contribution in [1.82, 2.24) is 14.5 Å². The largest absolute Gasteiger partial charge is 0.356 e. The summed E-state index contributed by atoms with van der Waals surface area (Å²) in [6.45, 7) is -0.0117. The molecule has 3 rings (SSSR count). The van der Waals surface area contributed by atoms with Gasteiger partial charge in [-0.3, -0.25) is 28.8 Å². The molecule has 3 N–H and O–H groups in total. The smallest absolute Gasteiger partial charge is 0.330 e. The molecule has 0 radical (unpaired) electrons. The van der Waals surface area contributed by atoms with Gasteiger partial charge in [0.25, 0.3) is 17.4 Å². The molecule has 1 unspecified atom stereocenters. The Kier molecular flexibility index (Phi) is 5.28. The van der Waals surface area contributed by atoms with Crippen LogP contribution in [0.1, 0.15) is 33.4 Å². The molecule has 142 valence electrons. The molecule has 1 aromatic heterocycles. The second kappa shape index (κ2) is 7.64. The van der Waals surface area contributed by atoms with E-state index in [1.807, 2.05) is 4.98 Å². The van der Waals surface area contributed by atoms with E-state index in [9.17, 15) is 23.6 Å². The fourth-order valence-corrected chi connectivity index (χ4v) is 2.84. The van der Waals surface area contributed by atoms with Gasteiger partial charge in [-0.1, -0.05) is 12.1 Å². The second-order valence-corrected chi connectivity index (χ2v) is 5.85. The molecule has 2 amide bonds. The molecule has 0 saturated carbocycles. The lowest BCUT2D eigenvalue weighted by Crippen LogP contribution is -2.37. The zero-order valence-electron chi connectivity index (χ0n) is 14.2. The Morgan fingerprint density at radius 3 is 2.33 bits per heavy atom. The number of rotatable bonds is 7. The van der Waals surface area contributed by atoms with Crippen LogP contribution in [0.3, 0.4) is 0 Å². The van der Waals surface area contributed by atoms with Gasteiger partial charge in [-0.05, 0) is 18.7 Å². The summed E-state index contributed by atoms with van der Waals surface area (Å²) in [4.78, 5) is 50.5. The van der Waals surface area contributed by atoms with Crippen molar-refractivity contribution in [2.45, 2.75) is 12.6 Å². The van der Waals surface area contributed by atoms with E-state index in [1.165, 1.54) is 0 Å². The summed E-state index contributed by atoms with van der Waals surface area (Å²) in [6, 6.07) is 6.46. The van der Waals surface area contributed by atoms with Crippen LogP contribution in [0.15, 0.2) is 40.1 Å². The third kappa shape index (κ3) is 3.57. The van der Waals surface area contributed by atoms with Crippen LogP contribution < -0.4 is 17.0 Å². The number of H-pyrrole nitrogens is 1. The molecule has 0 fully saturated rings. The van der Waals surface area contributed by atoms with E-state index in [4.69, 9.17) is 10.5 Å². The molecular weight excluding hydrogens is 359 g/mol. The number of nitrogens with two attached hydrogens (primary N) is 1. The number of halogens is 1. The molecule has 1 aliphatic rings. The number of fused-ring (bicyclic) bond motifs is 1. The topological polar surface area (TPSA) is 127 Å².